The lowest BCUT2D eigenvalue weighted by Gasteiger charge is -2.08. The Morgan fingerprint density at radius 1 is 1.30 bits per heavy atom. The Kier molecular flexibility index (Phi) is 6.96. The van der Waals surface area contributed by atoms with Gasteiger partial charge in [-0.1, -0.05) is 19.8 Å². The number of hydrogen-bond acceptors (Lipinski definition) is 5. The number of carbonyl (C=O) groups excluding carboxylic acids is 1. The number of aromatic nitrogens is 1. The summed E-state index contributed by atoms with van der Waals surface area (Å²) in [4.78, 5) is 16.1. The van der Waals surface area contributed by atoms with Crippen molar-refractivity contribution in [3.63, 3.8) is 0 Å². The van der Waals surface area contributed by atoms with E-state index in [1.165, 1.54) is 11.3 Å². The number of thiocarbonyl (C=S) groups is 1. The van der Waals surface area contributed by atoms with Gasteiger partial charge in [0.05, 0.1) is 6.61 Å². The first-order chi connectivity index (χ1) is 11.2. The van der Waals surface area contributed by atoms with E-state index in [-0.39, 0.29) is 11.0 Å². The molecule has 0 saturated carbocycles. The van der Waals surface area contributed by atoms with Crippen LogP contribution in [0.15, 0.2) is 35.8 Å². The molecule has 0 unspecified atom stereocenters. The molecule has 0 fully saturated rings. The molecule has 0 bridgehead atoms. The van der Waals surface area contributed by atoms with Crippen LogP contribution in [0, 0.1) is 0 Å². The molecule has 2 N–H and O–H groups in total. The molecule has 2 rings (SSSR count). The van der Waals surface area contributed by atoms with Gasteiger partial charge in [-0.15, -0.1) is 11.3 Å². The van der Waals surface area contributed by atoms with Crippen LogP contribution in [0.2, 0.25) is 0 Å². The summed E-state index contributed by atoms with van der Waals surface area (Å²) in [5, 5.41) is 8.17. The van der Waals surface area contributed by atoms with Crippen molar-refractivity contribution in [2.75, 3.05) is 11.9 Å². The molecule has 0 saturated heterocycles. The second kappa shape index (κ2) is 9.22. The number of nitrogens with one attached hydrogen (secondary N) is 2. The molecule has 1 aromatic heterocycles. The van der Waals surface area contributed by atoms with Gasteiger partial charge in [-0.3, -0.25) is 10.1 Å². The van der Waals surface area contributed by atoms with Crippen molar-refractivity contribution < 1.29 is 9.53 Å². The molecule has 1 aromatic carbocycles. The van der Waals surface area contributed by atoms with Gasteiger partial charge >= 0.3 is 0 Å². The Balaban J connectivity index is 1.81. The minimum absolute atomic E-state index is 0.227. The average molecular weight is 349 g/mol. The van der Waals surface area contributed by atoms with E-state index in [0.29, 0.717) is 17.3 Å². The number of amides is 1. The summed E-state index contributed by atoms with van der Waals surface area (Å²) in [5.74, 6) is 0.498. The van der Waals surface area contributed by atoms with Gasteiger partial charge in [0.2, 0.25) is 0 Å². The smallest absolute Gasteiger partial charge is 0.257 e. The van der Waals surface area contributed by atoms with E-state index in [4.69, 9.17) is 17.0 Å². The van der Waals surface area contributed by atoms with Gasteiger partial charge < -0.3 is 10.1 Å². The van der Waals surface area contributed by atoms with Crippen molar-refractivity contribution in [3.05, 3.63) is 41.4 Å². The van der Waals surface area contributed by atoms with Crippen LogP contribution in [-0.2, 0) is 0 Å². The van der Waals surface area contributed by atoms with Crippen molar-refractivity contribution in [2.24, 2.45) is 0 Å². The molecular weight excluding hydrogens is 330 g/mol. The normalized spacial score (nSPS) is 10.1. The number of ether oxygens (including phenoxy) is 1. The molecule has 1 amide bonds. The maximum atomic E-state index is 12.1. The molecule has 0 aliphatic carbocycles. The fraction of sp³-hybridized carbons (Fsp3) is 0.312. The minimum Gasteiger partial charge on any atom is -0.494 e. The Morgan fingerprint density at radius 3 is 2.74 bits per heavy atom. The topological polar surface area (TPSA) is 63.2 Å². The lowest BCUT2D eigenvalue weighted by molar-refractivity contribution is 0.0977. The number of rotatable bonds is 7. The molecule has 2 aromatic rings. The van der Waals surface area contributed by atoms with Gasteiger partial charge in [0.1, 0.15) is 5.75 Å². The first kappa shape index (κ1) is 17.4. The average Bonchev–Trinajstić information content (AvgIpc) is 3.05. The summed E-state index contributed by atoms with van der Waals surface area (Å²) in [6, 6.07) is 7.02. The third-order valence-corrected chi connectivity index (χ3v) is 3.91. The molecule has 0 spiro atoms. The van der Waals surface area contributed by atoms with Crippen molar-refractivity contribution in [1.82, 2.24) is 10.3 Å². The maximum absolute atomic E-state index is 12.1. The van der Waals surface area contributed by atoms with Crippen LogP contribution in [0.1, 0.15) is 36.5 Å². The summed E-state index contributed by atoms with van der Waals surface area (Å²) in [5.41, 5.74) is 0.522. The predicted molar refractivity (Wildman–Crippen MR) is 97.3 cm³/mol. The number of benzene rings is 1. The van der Waals surface area contributed by atoms with Crippen LogP contribution in [0.25, 0.3) is 0 Å². The van der Waals surface area contributed by atoms with E-state index in [1.807, 2.05) is 5.38 Å². The van der Waals surface area contributed by atoms with E-state index in [1.54, 1.807) is 30.5 Å². The van der Waals surface area contributed by atoms with Gasteiger partial charge in [0.15, 0.2) is 10.2 Å². The molecule has 122 valence electrons. The van der Waals surface area contributed by atoms with Crippen LogP contribution in [0.3, 0.4) is 0 Å². The van der Waals surface area contributed by atoms with Crippen LogP contribution in [-0.4, -0.2) is 22.6 Å². The van der Waals surface area contributed by atoms with E-state index in [2.05, 4.69) is 22.5 Å². The number of carbonyl (C=O) groups is 1. The van der Waals surface area contributed by atoms with Crippen LogP contribution < -0.4 is 15.4 Å². The number of anilines is 1. The van der Waals surface area contributed by atoms with Crippen LogP contribution >= 0.6 is 23.6 Å². The molecule has 0 aliphatic heterocycles. The fourth-order valence-corrected chi connectivity index (χ4v) is 2.62. The maximum Gasteiger partial charge on any atom is 0.257 e. The number of hydrogen-bond donors (Lipinski definition) is 2. The molecule has 23 heavy (non-hydrogen) atoms. The molecule has 1 heterocycles. The predicted octanol–water partition coefficient (Wildman–Crippen LogP) is 3.84. The fourth-order valence-electron chi connectivity index (χ4n) is 1.83. The lowest BCUT2D eigenvalue weighted by Crippen LogP contribution is -2.34. The number of unbranched alkanes of at least 4 members (excludes halogenated alkanes) is 2. The van der Waals surface area contributed by atoms with Gasteiger partial charge in [-0.05, 0) is 42.9 Å². The summed E-state index contributed by atoms with van der Waals surface area (Å²) in [6.07, 6.45) is 5.02. The molecular formula is C16H19N3O2S2. The Morgan fingerprint density at radius 2 is 2.09 bits per heavy atom. The second-order valence-corrected chi connectivity index (χ2v) is 6.13. The largest absolute Gasteiger partial charge is 0.494 e. The van der Waals surface area contributed by atoms with Crippen molar-refractivity contribution >= 4 is 39.7 Å². The van der Waals surface area contributed by atoms with Crippen LogP contribution in [0.4, 0.5) is 5.13 Å². The summed E-state index contributed by atoms with van der Waals surface area (Å²) >= 11 is 6.49. The highest BCUT2D eigenvalue weighted by Gasteiger charge is 2.08. The highest BCUT2D eigenvalue weighted by atomic mass is 32.1. The standard InChI is InChI=1S/C16H19N3O2S2/c1-2-3-4-10-21-13-7-5-12(6-8-13)14(20)18-15(22)19-16-17-9-11-23-16/h5-9,11H,2-4,10H2,1H3,(H2,17,18,19,20,22). The summed E-state index contributed by atoms with van der Waals surface area (Å²) < 4.78 is 5.62. The minimum atomic E-state index is -0.267. The Bertz CT molecular complexity index is 627. The highest BCUT2D eigenvalue weighted by molar-refractivity contribution is 7.80. The van der Waals surface area contributed by atoms with Gasteiger partial charge in [-0.25, -0.2) is 4.98 Å². The first-order valence-corrected chi connectivity index (χ1v) is 8.72. The van der Waals surface area contributed by atoms with E-state index < -0.39 is 0 Å². The quantitative estimate of drug-likeness (QED) is 0.587. The SMILES string of the molecule is CCCCCOc1ccc(C(=O)NC(=S)Nc2nccs2)cc1. The van der Waals surface area contributed by atoms with Crippen molar-refractivity contribution in [3.8, 4) is 5.75 Å². The summed E-state index contributed by atoms with van der Waals surface area (Å²) in [6.45, 7) is 2.85. The van der Waals surface area contributed by atoms with E-state index >= 15 is 0 Å². The Hall–Kier alpha value is -1.99. The zero-order valence-electron chi connectivity index (χ0n) is 12.9. The lowest BCUT2D eigenvalue weighted by atomic mass is 10.2. The van der Waals surface area contributed by atoms with Crippen molar-refractivity contribution in [1.29, 1.82) is 0 Å². The Labute approximate surface area is 145 Å². The molecule has 0 atom stereocenters. The second-order valence-electron chi connectivity index (χ2n) is 4.83. The van der Waals surface area contributed by atoms with Gasteiger partial charge in [-0.2, -0.15) is 0 Å². The van der Waals surface area contributed by atoms with E-state index in [0.717, 1.165) is 25.0 Å². The molecule has 0 radical (unpaired) electrons. The monoisotopic (exact) mass is 349 g/mol. The number of thiazole rings is 1. The molecule has 7 heteroatoms. The molecule has 5 nitrogen and oxygen atoms in total. The highest BCUT2D eigenvalue weighted by Crippen LogP contribution is 2.13. The number of nitrogens with zero attached hydrogens (tertiary/aromatic N) is 1. The van der Waals surface area contributed by atoms with Crippen molar-refractivity contribution in [2.45, 2.75) is 26.2 Å². The van der Waals surface area contributed by atoms with Crippen LogP contribution in [0.5, 0.6) is 5.75 Å². The van der Waals surface area contributed by atoms with Gasteiger partial charge in [0, 0.05) is 17.1 Å². The van der Waals surface area contributed by atoms with Gasteiger partial charge in [0.25, 0.3) is 5.91 Å². The third-order valence-electron chi connectivity index (χ3n) is 3.01. The van der Waals surface area contributed by atoms with E-state index in [9.17, 15) is 4.79 Å². The zero-order valence-corrected chi connectivity index (χ0v) is 14.5. The first-order valence-electron chi connectivity index (χ1n) is 7.43. The molecule has 0 aliphatic rings. The third kappa shape index (κ3) is 5.96. The zero-order chi connectivity index (χ0) is 16.5. The summed E-state index contributed by atoms with van der Waals surface area (Å²) in [7, 11) is 0.